The number of hydrogen-bond acceptors (Lipinski definition) is 3. The van der Waals surface area contributed by atoms with Crippen molar-refractivity contribution in [2.24, 2.45) is 0 Å². The number of hydrogen-bond donors (Lipinski definition) is 1. The van der Waals surface area contributed by atoms with E-state index in [-0.39, 0.29) is 0 Å². The zero-order chi connectivity index (χ0) is 11.7. The van der Waals surface area contributed by atoms with Crippen LogP contribution in [0.5, 0.6) is 0 Å². The van der Waals surface area contributed by atoms with E-state index in [2.05, 4.69) is 21.5 Å². The number of fused-ring (bicyclic) bond motifs is 1. The summed E-state index contributed by atoms with van der Waals surface area (Å²) >= 11 is 0. The summed E-state index contributed by atoms with van der Waals surface area (Å²) < 4.78 is 1.88. The second-order valence-corrected chi connectivity index (χ2v) is 4.92. The molecule has 3 heterocycles. The van der Waals surface area contributed by atoms with E-state index in [4.69, 9.17) is 0 Å². The second kappa shape index (κ2) is 4.45. The highest BCUT2D eigenvalue weighted by molar-refractivity contribution is 5.39. The largest absolute Gasteiger partial charge is 0.314 e. The first-order chi connectivity index (χ1) is 8.31. The molecule has 1 unspecified atom stereocenters. The normalized spacial score (nSPS) is 20.9. The smallest absolute Gasteiger partial charge is 0.155 e. The molecule has 2 aromatic rings. The van der Waals surface area contributed by atoms with Gasteiger partial charge in [0.25, 0.3) is 0 Å². The summed E-state index contributed by atoms with van der Waals surface area (Å²) in [5.41, 5.74) is 3.23. The van der Waals surface area contributed by atoms with E-state index in [1.165, 1.54) is 19.3 Å². The molecule has 1 aliphatic rings. The van der Waals surface area contributed by atoms with Gasteiger partial charge in [0, 0.05) is 30.9 Å². The SMILES string of the molecule is Cc1cnc2cc(CC3CCCCN3)nn2c1. The van der Waals surface area contributed by atoms with E-state index in [9.17, 15) is 0 Å². The van der Waals surface area contributed by atoms with Crippen LogP contribution in [-0.2, 0) is 6.42 Å². The Balaban J connectivity index is 1.80. The predicted octanol–water partition coefficient (Wildman–Crippen LogP) is 1.72. The van der Waals surface area contributed by atoms with Gasteiger partial charge in [-0.05, 0) is 31.9 Å². The predicted molar refractivity (Wildman–Crippen MR) is 67.1 cm³/mol. The molecule has 1 aliphatic heterocycles. The summed E-state index contributed by atoms with van der Waals surface area (Å²) in [4.78, 5) is 4.37. The van der Waals surface area contributed by atoms with Crippen molar-refractivity contribution in [1.29, 1.82) is 0 Å². The molecule has 2 aromatic heterocycles. The number of aryl methyl sites for hydroxylation is 1. The van der Waals surface area contributed by atoms with E-state index in [0.717, 1.165) is 29.9 Å². The average molecular weight is 230 g/mol. The lowest BCUT2D eigenvalue weighted by molar-refractivity contribution is 0.396. The van der Waals surface area contributed by atoms with Crippen molar-refractivity contribution >= 4 is 5.65 Å². The first-order valence-corrected chi connectivity index (χ1v) is 6.35. The van der Waals surface area contributed by atoms with Crippen molar-refractivity contribution < 1.29 is 0 Å². The van der Waals surface area contributed by atoms with Crippen LogP contribution < -0.4 is 5.32 Å². The summed E-state index contributed by atoms with van der Waals surface area (Å²) in [6, 6.07) is 2.69. The highest BCUT2D eigenvalue weighted by Gasteiger charge is 2.14. The molecule has 1 saturated heterocycles. The van der Waals surface area contributed by atoms with Crippen LogP contribution in [0.25, 0.3) is 5.65 Å². The molecule has 0 aliphatic carbocycles. The van der Waals surface area contributed by atoms with Gasteiger partial charge >= 0.3 is 0 Å². The number of nitrogens with zero attached hydrogens (tertiary/aromatic N) is 3. The number of piperidine rings is 1. The Bertz CT molecular complexity index is 511. The molecule has 1 atom stereocenters. The van der Waals surface area contributed by atoms with Crippen LogP contribution in [0.3, 0.4) is 0 Å². The van der Waals surface area contributed by atoms with Gasteiger partial charge < -0.3 is 5.32 Å². The molecule has 4 nitrogen and oxygen atoms in total. The Kier molecular flexibility index (Phi) is 2.81. The van der Waals surface area contributed by atoms with Crippen LogP contribution >= 0.6 is 0 Å². The molecule has 0 bridgehead atoms. The van der Waals surface area contributed by atoms with Gasteiger partial charge in [-0.15, -0.1) is 0 Å². The highest BCUT2D eigenvalue weighted by Crippen LogP contribution is 2.13. The maximum Gasteiger partial charge on any atom is 0.155 e. The number of aromatic nitrogens is 3. The van der Waals surface area contributed by atoms with Crippen LogP contribution in [0.1, 0.15) is 30.5 Å². The van der Waals surface area contributed by atoms with Crippen molar-refractivity contribution in [3.8, 4) is 0 Å². The minimum Gasteiger partial charge on any atom is -0.314 e. The van der Waals surface area contributed by atoms with Crippen molar-refractivity contribution in [2.75, 3.05) is 6.54 Å². The molecule has 0 saturated carbocycles. The lowest BCUT2D eigenvalue weighted by Crippen LogP contribution is -2.35. The minimum absolute atomic E-state index is 0.592. The number of rotatable bonds is 2. The fourth-order valence-corrected chi connectivity index (χ4v) is 2.47. The van der Waals surface area contributed by atoms with Crippen LogP contribution in [0, 0.1) is 6.92 Å². The van der Waals surface area contributed by atoms with Crippen LogP contribution in [0.15, 0.2) is 18.5 Å². The van der Waals surface area contributed by atoms with Gasteiger partial charge in [-0.3, -0.25) is 0 Å². The van der Waals surface area contributed by atoms with Crippen molar-refractivity contribution in [3.63, 3.8) is 0 Å². The fraction of sp³-hybridized carbons (Fsp3) is 0.538. The topological polar surface area (TPSA) is 42.2 Å². The maximum atomic E-state index is 4.58. The Morgan fingerprint density at radius 2 is 2.41 bits per heavy atom. The molecule has 0 amide bonds. The van der Waals surface area contributed by atoms with E-state index in [1.54, 1.807) is 0 Å². The maximum absolute atomic E-state index is 4.58. The van der Waals surface area contributed by atoms with Gasteiger partial charge in [-0.1, -0.05) is 6.42 Å². The molecule has 90 valence electrons. The number of nitrogens with one attached hydrogen (secondary N) is 1. The molecule has 0 spiro atoms. The zero-order valence-corrected chi connectivity index (χ0v) is 10.2. The Morgan fingerprint density at radius 1 is 1.47 bits per heavy atom. The minimum atomic E-state index is 0.592. The third kappa shape index (κ3) is 2.31. The molecular weight excluding hydrogens is 212 g/mol. The molecule has 1 N–H and O–H groups in total. The van der Waals surface area contributed by atoms with E-state index >= 15 is 0 Å². The molecule has 0 aromatic carbocycles. The summed E-state index contributed by atoms with van der Waals surface area (Å²) in [7, 11) is 0. The quantitative estimate of drug-likeness (QED) is 0.854. The molecule has 0 radical (unpaired) electrons. The van der Waals surface area contributed by atoms with Gasteiger partial charge in [0.1, 0.15) is 0 Å². The Morgan fingerprint density at radius 3 is 3.24 bits per heavy atom. The monoisotopic (exact) mass is 230 g/mol. The third-order valence-electron chi connectivity index (χ3n) is 3.36. The first kappa shape index (κ1) is 10.7. The Labute approximate surface area is 101 Å². The van der Waals surface area contributed by atoms with Crippen molar-refractivity contribution in [1.82, 2.24) is 19.9 Å². The van der Waals surface area contributed by atoms with Gasteiger partial charge in [-0.2, -0.15) is 5.10 Å². The van der Waals surface area contributed by atoms with E-state index in [1.807, 2.05) is 23.8 Å². The van der Waals surface area contributed by atoms with Crippen LogP contribution in [0.4, 0.5) is 0 Å². The van der Waals surface area contributed by atoms with Crippen molar-refractivity contribution in [2.45, 2.75) is 38.6 Å². The fourth-order valence-electron chi connectivity index (χ4n) is 2.47. The standard InChI is InChI=1S/C13H18N4/c1-10-8-15-13-7-12(16-17(13)9-10)6-11-4-2-3-5-14-11/h7-9,11,14H,2-6H2,1H3. The van der Waals surface area contributed by atoms with Gasteiger partial charge in [0.2, 0.25) is 0 Å². The van der Waals surface area contributed by atoms with E-state index < -0.39 is 0 Å². The van der Waals surface area contributed by atoms with Crippen molar-refractivity contribution in [3.05, 3.63) is 29.7 Å². The second-order valence-electron chi connectivity index (χ2n) is 4.92. The van der Waals surface area contributed by atoms with Gasteiger partial charge in [0.05, 0.1) is 5.69 Å². The summed E-state index contributed by atoms with van der Waals surface area (Å²) in [5.74, 6) is 0. The molecule has 4 heteroatoms. The zero-order valence-electron chi connectivity index (χ0n) is 10.2. The molecule has 1 fully saturated rings. The first-order valence-electron chi connectivity index (χ1n) is 6.35. The highest BCUT2D eigenvalue weighted by atomic mass is 15.2. The van der Waals surface area contributed by atoms with Crippen LogP contribution in [-0.4, -0.2) is 27.2 Å². The van der Waals surface area contributed by atoms with Crippen LogP contribution in [0.2, 0.25) is 0 Å². The Hall–Kier alpha value is -1.42. The lowest BCUT2D eigenvalue weighted by Gasteiger charge is -2.22. The average Bonchev–Trinajstić information content (AvgIpc) is 2.71. The summed E-state index contributed by atoms with van der Waals surface area (Å²) in [6.45, 7) is 3.19. The summed E-state index contributed by atoms with van der Waals surface area (Å²) in [6.07, 6.45) is 8.84. The third-order valence-corrected chi connectivity index (χ3v) is 3.36. The lowest BCUT2D eigenvalue weighted by atomic mass is 10.0. The van der Waals surface area contributed by atoms with Gasteiger partial charge in [0.15, 0.2) is 5.65 Å². The van der Waals surface area contributed by atoms with Gasteiger partial charge in [-0.25, -0.2) is 9.50 Å². The summed E-state index contributed by atoms with van der Waals surface area (Å²) in [5, 5.41) is 8.14. The van der Waals surface area contributed by atoms with E-state index in [0.29, 0.717) is 6.04 Å². The molecular formula is C13H18N4. The molecule has 17 heavy (non-hydrogen) atoms. The molecule has 3 rings (SSSR count).